The first kappa shape index (κ1) is 22.0. The van der Waals surface area contributed by atoms with Gasteiger partial charge in [0.05, 0.1) is 12.0 Å². The molecular weight excluding hydrogens is 449 g/mol. The number of nitrogens with zero attached hydrogens (tertiary/aromatic N) is 1. The lowest BCUT2D eigenvalue weighted by Gasteiger charge is -2.14. The lowest BCUT2D eigenvalue weighted by Crippen LogP contribution is -2.40. The van der Waals surface area contributed by atoms with Gasteiger partial charge in [0.25, 0.3) is 5.91 Å². The standard InChI is InChI=1S/C23H20FN3O3S2/c1-30-17-6-7-19-18(11-17)15(12-26-19)8-9-25-21(28)13-27-22(29)20(32-23(27)31)10-14-2-4-16(24)5-3-14/h2-7,10-12,26H,8-9,13H2,1H3,(H,25,28). The van der Waals surface area contributed by atoms with E-state index in [1.54, 1.807) is 25.3 Å². The number of hydrogen-bond acceptors (Lipinski definition) is 5. The summed E-state index contributed by atoms with van der Waals surface area (Å²) in [7, 11) is 1.62. The smallest absolute Gasteiger partial charge is 0.266 e. The Morgan fingerprint density at radius 2 is 2.06 bits per heavy atom. The highest BCUT2D eigenvalue weighted by molar-refractivity contribution is 8.26. The Bertz CT molecular complexity index is 1220. The number of amides is 2. The molecule has 1 saturated heterocycles. The maximum Gasteiger partial charge on any atom is 0.266 e. The number of carbonyl (C=O) groups is 2. The van der Waals surface area contributed by atoms with E-state index in [4.69, 9.17) is 17.0 Å². The van der Waals surface area contributed by atoms with E-state index < -0.39 is 0 Å². The van der Waals surface area contributed by atoms with Gasteiger partial charge in [0.2, 0.25) is 5.91 Å². The monoisotopic (exact) mass is 469 g/mol. The molecular formula is C23H20FN3O3S2. The van der Waals surface area contributed by atoms with Crippen molar-refractivity contribution in [2.24, 2.45) is 0 Å². The van der Waals surface area contributed by atoms with Gasteiger partial charge in [0.1, 0.15) is 22.4 Å². The average molecular weight is 470 g/mol. The van der Waals surface area contributed by atoms with Gasteiger partial charge in [-0.05, 0) is 54.0 Å². The topological polar surface area (TPSA) is 74.4 Å². The number of hydrogen-bond donors (Lipinski definition) is 2. The normalized spacial score (nSPS) is 15.1. The molecule has 164 valence electrons. The molecule has 4 rings (SSSR count). The van der Waals surface area contributed by atoms with Gasteiger partial charge in [0, 0.05) is 23.6 Å². The summed E-state index contributed by atoms with van der Waals surface area (Å²) in [5.41, 5.74) is 2.75. The molecule has 2 heterocycles. The molecule has 3 aromatic rings. The second-order valence-electron chi connectivity index (χ2n) is 7.14. The summed E-state index contributed by atoms with van der Waals surface area (Å²) < 4.78 is 18.7. The third-order valence-electron chi connectivity index (χ3n) is 5.03. The van der Waals surface area contributed by atoms with E-state index in [9.17, 15) is 14.0 Å². The zero-order valence-corrected chi connectivity index (χ0v) is 18.8. The Morgan fingerprint density at radius 3 is 2.81 bits per heavy atom. The number of ether oxygens (including phenoxy) is 1. The third-order valence-corrected chi connectivity index (χ3v) is 6.41. The van der Waals surface area contributed by atoms with Crippen molar-refractivity contribution in [2.75, 3.05) is 20.2 Å². The number of aromatic nitrogens is 1. The van der Waals surface area contributed by atoms with E-state index in [0.29, 0.717) is 27.8 Å². The highest BCUT2D eigenvalue weighted by Gasteiger charge is 2.33. The molecule has 2 N–H and O–H groups in total. The zero-order valence-electron chi connectivity index (χ0n) is 17.2. The molecule has 9 heteroatoms. The maximum absolute atomic E-state index is 13.1. The van der Waals surface area contributed by atoms with Gasteiger partial charge in [-0.2, -0.15) is 0 Å². The van der Waals surface area contributed by atoms with Crippen molar-refractivity contribution < 1.29 is 18.7 Å². The van der Waals surface area contributed by atoms with Gasteiger partial charge in [0.15, 0.2) is 0 Å². The SMILES string of the molecule is COc1ccc2[nH]cc(CCNC(=O)CN3C(=O)C(=Cc4ccc(F)cc4)SC3=S)c2c1. The van der Waals surface area contributed by atoms with Crippen LogP contribution in [0.4, 0.5) is 4.39 Å². The van der Waals surface area contributed by atoms with E-state index in [2.05, 4.69) is 10.3 Å². The molecule has 0 bridgehead atoms. The number of rotatable bonds is 7. The number of thiocarbonyl (C=S) groups is 1. The Morgan fingerprint density at radius 1 is 1.28 bits per heavy atom. The second-order valence-corrected chi connectivity index (χ2v) is 8.82. The molecule has 2 aromatic carbocycles. The number of benzene rings is 2. The molecule has 1 aliphatic rings. The molecule has 1 aromatic heterocycles. The maximum atomic E-state index is 13.1. The minimum absolute atomic E-state index is 0.146. The van der Waals surface area contributed by atoms with Crippen LogP contribution in [-0.2, 0) is 16.0 Å². The van der Waals surface area contributed by atoms with Crippen LogP contribution in [0.1, 0.15) is 11.1 Å². The van der Waals surface area contributed by atoms with Gasteiger partial charge in [-0.1, -0.05) is 36.1 Å². The van der Waals surface area contributed by atoms with Crippen LogP contribution >= 0.6 is 24.0 Å². The fourth-order valence-electron chi connectivity index (χ4n) is 3.37. The van der Waals surface area contributed by atoms with Crippen LogP contribution in [0.2, 0.25) is 0 Å². The van der Waals surface area contributed by atoms with Crippen molar-refractivity contribution in [1.29, 1.82) is 0 Å². The number of methoxy groups -OCH3 is 1. The lowest BCUT2D eigenvalue weighted by atomic mass is 10.1. The summed E-state index contributed by atoms with van der Waals surface area (Å²) in [6, 6.07) is 11.6. The number of aromatic amines is 1. The van der Waals surface area contributed by atoms with Crippen LogP contribution in [0, 0.1) is 5.82 Å². The zero-order chi connectivity index (χ0) is 22.7. The van der Waals surface area contributed by atoms with Gasteiger partial charge in [-0.25, -0.2) is 4.39 Å². The Labute approximate surface area is 193 Å². The quantitative estimate of drug-likeness (QED) is 0.406. The molecule has 0 atom stereocenters. The van der Waals surface area contributed by atoms with E-state index in [1.807, 2.05) is 24.4 Å². The second kappa shape index (κ2) is 9.54. The Hall–Kier alpha value is -3.17. The number of thioether (sulfide) groups is 1. The van der Waals surface area contributed by atoms with Crippen LogP contribution in [-0.4, -0.2) is 46.2 Å². The molecule has 32 heavy (non-hydrogen) atoms. The summed E-state index contributed by atoms with van der Waals surface area (Å²) in [4.78, 5) is 30.0. The average Bonchev–Trinajstić information content (AvgIpc) is 3.30. The third kappa shape index (κ3) is 4.84. The first-order valence-corrected chi connectivity index (χ1v) is 11.1. The predicted molar refractivity (Wildman–Crippen MR) is 128 cm³/mol. The minimum atomic E-state index is -0.349. The van der Waals surface area contributed by atoms with Crippen molar-refractivity contribution in [3.05, 3.63) is 70.5 Å². The summed E-state index contributed by atoms with van der Waals surface area (Å²) in [5.74, 6) is -0.200. The molecule has 0 unspecified atom stereocenters. The molecule has 0 aliphatic carbocycles. The molecule has 0 radical (unpaired) electrons. The van der Waals surface area contributed by atoms with Crippen LogP contribution in [0.25, 0.3) is 17.0 Å². The van der Waals surface area contributed by atoms with Crippen molar-refractivity contribution in [3.63, 3.8) is 0 Å². The number of fused-ring (bicyclic) bond motifs is 1. The van der Waals surface area contributed by atoms with Crippen molar-refractivity contribution >= 4 is 57.1 Å². The largest absolute Gasteiger partial charge is 0.497 e. The molecule has 1 aliphatic heterocycles. The van der Waals surface area contributed by atoms with E-state index in [0.717, 1.165) is 34.0 Å². The summed E-state index contributed by atoms with van der Waals surface area (Å²) >= 11 is 6.40. The fraction of sp³-hybridized carbons (Fsp3) is 0.174. The number of H-pyrrole nitrogens is 1. The fourth-order valence-corrected chi connectivity index (χ4v) is 4.63. The van der Waals surface area contributed by atoms with Crippen LogP contribution in [0.15, 0.2) is 53.6 Å². The van der Waals surface area contributed by atoms with Gasteiger partial charge in [-0.15, -0.1) is 0 Å². The van der Waals surface area contributed by atoms with Crippen molar-refractivity contribution in [1.82, 2.24) is 15.2 Å². The Balaban J connectivity index is 1.33. The highest BCUT2D eigenvalue weighted by atomic mass is 32.2. The highest BCUT2D eigenvalue weighted by Crippen LogP contribution is 2.32. The summed E-state index contributed by atoms with van der Waals surface area (Å²) in [6.45, 7) is 0.274. The lowest BCUT2D eigenvalue weighted by molar-refractivity contribution is -0.128. The first-order chi connectivity index (χ1) is 15.4. The van der Waals surface area contributed by atoms with Crippen LogP contribution < -0.4 is 10.1 Å². The van der Waals surface area contributed by atoms with E-state index >= 15 is 0 Å². The van der Waals surface area contributed by atoms with Crippen molar-refractivity contribution in [2.45, 2.75) is 6.42 Å². The predicted octanol–water partition coefficient (Wildman–Crippen LogP) is 3.88. The van der Waals surface area contributed by atoms with Gasteiger partial charge < -0.3 is 15.0 Å². The van der Waals surface area contributed by atoms with E-state index in [1.165, 1.54) is 17.0 Å². The van der Waals surface area contributed by atoms with Crippen LogP contribution in [0.5, 0.6) is 5.75 Å². The molecule has 0 saturated carbocycles. The van der Waals surface area contributed by atoms with Crippen molar-refractivity contribution in [3.8, 4) is 5.75 Å². The summed E-state index contributed by atoms with van der Waals surface area (Å²) in [6.07, 6.45) is 4.18. The number of nitrogens with one attached hydrogen (secondary N) is 2. The minimum Gasteiger partial charge on any atom is -0.497 e. The molecule has 0 spiro atoms. The van der Waals surface area contributed by atoms with E-state index in [-0.39, 0.29) is 24.2 Å². The molecule has 1 fully saturated rings. The first-order valence-electron chi connectivity index (χ1n) is 9.86. The van der Waals surface area contributed by atoms with Gasteiger partial charge in [-0.3, -0.25) is 14.5 Å². The molecule has 6 nitrogen and oxygen atoms in total. The van der Waals surface area contributed by atoms with Crippen LogP contribution in [0.3, 0.4) is 0 Å². The summed E-state index contributed by atoms with van der Waals surface area (Å²) in [5, 5.41) is 3.89. The van der Waals surface area contributed by atoms with Gasteiger partial charge >= 0.3 is 0 Å². The Kier molecular flexibility index (Phi) is 6.57. The molecule has 2 amide bonds. The number of carbonyl (C=O) groups excluding carboxylic acids is 2. The number of halogens is 1.